The molecule has 0 amide bonds. The zero-order valence-corrected chi connectivity index (χ0v) is 10.6. The molecule has 0 aliphatic rings. The molecule has 0 spiro atoms. The highest BCUT2D eigenvalue weighted by Gasteiger charge is 2.28. The molecule has 1 heterocycles. The van der Waals surface area contributed by atoms with Crippen molar-refractivity contribution < 1.29 is 4.74 Å². The molecule has 1 rings (SSSR count). The summed E-state index contributed by atoms with van der Waals surface area (Å²) in [5, 5.41) is 0. The van der Waals surface area contributed by atoms with Crippen LogP contribution in [0.25, 0.3) is 0 Å². The monoisotopic (exact) mass is 224 g/mol. The summed E-state index contributed by atoms with van der Waals surface area (Å²) in [5.41, 5.74) is 5.19. The number of nitrogens with zero attached hydrogens (tertiary/aromatic N) is 3. The highest BCUT2D eigenvalue weighted by atomic mass is 16.5. The van der Waals surface area contributed by atoms with Gasteiger partial charge in [0, 0.05) is 13.0 Å². The van der Waals surface area contributed by atoms with Crippen molar-refractivity contribution in [3.8, 4) is 0 Å². The van der Waals surface area contributed by atoms with Crippen molar-refractivity contribution in [1.82, 2.24) is 15.0 Å². The molecular formula is C11H20N4O. The fourth-order valence-corrected chi connectivity index (χ4v) is 1.30. The second kappa shape index (κ2) is 4.74. The molecule has 5 nitrogen and oxygen atoms in total. The van der Waals surface area contributed by atoms with Crippen molar-refractivity contribution in [3.63, 3.8) is 0 Å². The van der Waals surface area contributed by atoms with Gasteiger partial charge in [-0.3, -0.25) is 0 Å². The average molecular weight is 224 g/mol. The molecule has 0 radical (unpaired) electrons. The number of hydrogen-bond donors (Lipinski definition) is 1. The van der Waals surface area contributed by atoms with E-state index in [9.17, 15) is 0 Å². The quantitative estimate of drug-likeness (QED) is 0.844. The van der Waals surface area contributed by atoms with E-state index < -0.39 is 5.60 Å². The second-order valence-electron chi connectivity index (χ2n) is 4.32. The maximum atomic E-state index is 5.69. The Bertz CT molecular complexity index is 361. The predicted molar refractivity (Wildman–Crippen MR) is 63.0 cm³/mol. The first-order chi connectivity index (χ1) is 7.42. The standard InChI is InChI=1S/C11H20N4O/c1-6-11(4,16-5)9-13-8(7(2)3)14-10(12)15-9/h7H,6H2,1-5H3,(H2,12,13,14,15). The summed E-state index contributed by atoms with van der Waals surface area (Å²) in [7, 11) is 1.65. The second-order valence-corrected chi connectivity index (χ2v) is 4.32. The van der Waals surface area contributed by atoms with Gasteiger partial charge in [0.2, 0.25) is 5.95 Å². The summed E-state index contributed by atoms with van der Waals surface area (Å²) in [5.74, 6) is 1.79. The third-order valence-electron chi connectivity index (χ3n) is 2.78. The molecule has 5 heteroatoms. The summed E-state index contributed by atoms with van der Waals surface area (Å²) in [6.07, 6.45) is 0.782. The number of nitrogen functional groups attached to an aromatic ring is 1. The molecule has 0 aliphatic carbocycles. The molecule has 0 saturated heterocycles. The Kier molecular flexibility index (Phi) is 3.80. The Morgan fingerprint density at radius 3 is 2.38 bits per heavy atom. The van der Waals surface area contributed by atoms with Gasteiger partial charge in [-0.25, -0.2) is 4.98 Å². The minimum Gasteiger partial charge on any atom is -0.371 e. The van der Waals surface area contributed by atoms with E-state index in [1.807, 2.05) is 27.7 Å². The highest BCUT2D eigenvalue weighted by Crippen LogP contribution is 2.26. The van der Waals surface area contributed by atoms with Crippen LogP contribution in [0.3, 0.4) is 0 Å². The molecule has 0 fully saturated rings. The van der Waals surface area contributed by atoms with E-state index in [1.54, 1.807) is 7.11 Å². The van der Waals surface area contributed by atoms with Gasteiger partial charge < -0.3 is 10.5 Å². The number of aromatic nitrogens is 3. The first-order valence-electron chi connectivity index (χ1n) is 5.50. The van der Waals surface area contributed by atoms with Crippen molar-refractivity contribution >= 4 is 5.95 Å². The minimum absolute atomic E-state index is 0.224. The zero-order chi connectivity index (χ0) is 12.3. The number of anilines is 1. The van der Waals surface area contributed by atoms with Crippen molar-refractivity contribution in [3.05, 3.63) is 11.6 Å². The largest absolute Gasteiger partial charge is 0.371 e. The third kappa shape index (κ3) is 2.47. The highest BCUT2D eigenvalue weighted by molar-refractivity contribution is 5.19. The van der Waals surface area contributed by atoms with E-state index >= 15 is 0 Å². The van der Waals surface area contributed by atoms with Crippen LogP contribution < -0.4 is 5.73 Å². The van der Waals surface area contributed by atoms with Gasteiger partial charge in [0.1, 0.15) is 11.4 Å². The number of ether oxygens (including phenoxy) is 1. The fourth-order valence-electron chi connectivity index (χ4n) is 1.30. The lowest BCUT2D eigenvalue weighted by Crippen LogP contribution is -2.28. The number of methoxy groups -OCH3 is 1. The Morgan fingerprint density at radius 1 is 1.31 bits per heavy atom. The van der Waals surface area contributed by atoms with Gasteiger partial charge in [-0.2, -0.15) is 9.97 Å². The summed E-state index contributed by atoms with van der Waals surface area (Å²) < 4.78 is 5.45. The predicted octanol–water partition coefficient (Wildman–Crippen LogP) is 1.85. The molecule has 1 aromatic rings. The third-order valence-corrected chi connectivity index (χ3v) is 2.78. The molecule has 90 valence electrons. The van der Waals surface area contributed by atoms with Crippen LogP contribution in [0, 0.1) is 0 Å². The van der Waals surface area contributed by atoms with Crippen LogP contribution in [-0.4, -0.2) is 22.1 Å². The SMILES string of the molecule is CCC(C)(OC)c1nc(N)nc(C(C)C)n1. The van der Waals surface area contributed by atoms with Crippen LogP contribution in [0.2, 0.25) is 0 Å². The minimum atomic E-state index is -0.499. The Hall–Kier alpha value is -1.23. The van der Waals surface area contributed by atoms with Gasteiger partial charge in [-0.1, -0.05) is 20.8 Å². The lowest BCUT2D eigenvalue weighted by atomic mass is 10.0. The van der Waals surface area contributed by atoms with Crippen LogP contribution in [-0.2, 0) is 10.3 Å². The molecular weight excluding hydrogens is 204 g/mol. The molecule has 1 aromatic heterocycles. The fraction of sp³-hybridized carbons (Fsp3) is 0.727. The maximum absolute atomic E-state index is 5.69. The first kappa shape index (κ1) is 12.8. The zero-order valence-electron chi connectivity index (χ0n) is 10.6. The van der Waals surface area contributed by atoms with Gasteiger partial charge >= 0.3 is 0 Å². The van der Waals surface area contributed by atoms with Crippen LogP contribution in [0.15, 0.2) is 0 Å². The average Bonchev–Trinajstić information content (AvgIpc) is 2.27. The van der Waals surface area contributed by atoms with E-state index in [-0.39, 0.29) is 11.9 Å². The lowest BCUT2D eigenvalue weighted by molar-refractivity contribution is -0.00926. The van der Waals surface area contributed by atoms with Gasteiger partial charge in [0.25, 0.3) is 0 Å². The topological polar surface area (TPSA) is 73.9 Å². The number of rotatable bonds is 4. The molecule has 0 aliphatic heterocycles. The van der Waals surface area contributed by atoms with E-state index in [0.717, 1.165) is 6.42 Å². The van der Waals surface area contributed by atoms with Crippen molar-refractivity contribution in [2.75, 3.05) is 12.8 Å². The van der Waals surface area contributed by atoms with Crippen molar-refractivity contribution in [1.29, 1.82) is 0 Å². The lowest BCUT2D eigenvalue weighted by Gasteiger charge is -2.25. The van der Waals surface area contributed by atoms with E-state index in [1.165, 1.54) is 0 Å². The molecule has 0 bridgehead atoms. The van der Waals surface area contributed by atoms with Crippen molar-refractivity contribution in [2.45, 2.75) is 45.6 Å². The van der Waals surface area contributed by atoms with Crippen LogP contribution in [0.1, 0.15) is 51.7 Å². The van der Waals surface area contributed by atoms with Gasteiger partial charge in [0.05, 0.1) is 0 Å². The molecule has 16 heavy (non-hydrogen) atoms. The van der Waals surface area contributed by atoms with E-state index in [4.69, 9.17) is 10.5 Å². The van der Waals surface area contributed by atoms with Gasteiger partial charge in [-0.05, 0) is 13.3 Å². The normalized spacial score (nSPS) is 15.1. The van der Waals surface area contributed by atoms with Gasteiger partial charge in [-0.15, -0.1) is 0 Å². The number of nitrogens with two attached hydrogens (primary N) is 1. The van der Waals surface area contributed by atoms with Gasteiger partial charge in [0.15, 0.2) is 5.82 Å². The summed E-state index contributed by atoms with van der Waals surface area (Å²) in [4.78, 5) is 12.7. The summed E-state index contributed by atoms with van der Waals surface area (Å²) >= 11 is 0. The summed E-state index contributed by atoms with van der Waals surface area (Å²) in [6.45, 7) is 8.02. The van der Waals surface area contributed by atoms with Crippen LogP contribution >= 0.6 is 0 Å². The Morgan fingerprint density at radius 2 is 1.94 bits per heavy atom. The van der Waals surface area contributed by atoms with E-state index in [2.05, 4.69) is 15.0 Å². The first-order valence-corrected chi connectivity index (χ1v) is 5.50. The number of hydrogen-bond acceptors (Lipinski definition) is 5. The van der Waals surface area contributed by atoms with E-state index in [0.29, 0.717) is 11.6 Å². The Labute approximate surface area is 96.5 Å². The molecule has 1 atom stereocenters. The van der Waals surface area contributed by atoms with Crippen LogP contribution in [0.5, 0.6) is 0 Å². The maximum Gasteiger partial charge on any atom is 0.223 e. The van der Waals surface area contributed by atoms with Crippen molar-refractivity contribution in [2.24, 2.45) is 0 Å². The smallest absolute Gasteiger partial charge is 0.223 e. The molecule has 0 aromatic carbocycles. The Balaban J connectivity index is 3.23. The molecule has 0 saturated carbocycles. The molecule has 2 N–H and O–H groups in total. The van der Waals surface area contributed by atoms with Crippen LogP contribution in [0.4, 0.5) is 5.95 Å². The summed E-state index contributed by atoms with van der Waals surface area (Å²) in [6, 6.07) is 0. The molecule has 1 unspecified atom stereocenters.